The number of aliphatic carboxylic acids is 1. The molecule has 0 aromatic rings. The van der Waals surface area contributed by atoms with E-state index in [2.05, 4.69) is 0 Å². The summed E-state index contributed by atoms with van der Waals surface area (Å²) in [5.74, 6) is -0.981. The minimum absolute atomic E-state index is 0.0180. The van der Waals surface area contributed by atoms with Crippen molar-refractivity contribution < 1.29 is 14.7 Å². The van der Waals surface area contributed by atoms with E-state index >= 15 is 0 Å². The summed E-state index contributed by atoms with van der Waals surface area (Å²) in [4.78, 5) is 24.1. The summed E-state index contributed by atoms with van der Waals surface area (Å²) in [5, 5.41) is 9.01. The largest absolute Gasteiger partial charge is 0.480 e. The number of carboxylic acids is 1. The molecule has 2 atom stereocenters. The number of hydrogen-bond donors (Lipinski definition) is 1. The molecule has 0 aromatic carbocycles. The summed E-state index contributed by atoms with van der Waals surface area (Å²) in [6, 6.07) is -0.660. The Hall–Kier alpha value is -1.06. The second kappa shape index (κ2) is 3.98. The van der Waals surface area contributed by atoms with Crippen LogP contribution in [0.4, 0.5) is 0 Å². The average molecular weight is 199 g/mol. The van der Waals surface area contributed by atoms with Crippen LogP contribution in [0.15, 0.2) is 0 Å². The lowest BCUT2D eigenvalue weighted by Gasteiger charge is -2.27. The van der Waals surface area contributed by atoms with Crippen LogP contribution in [0, 0.1) is 11.8 Å². The molecule has 80 valence electrons. The molecule has 1 N–H and O–H groups in total. The minimum Gasteiger partial charge on any atom is -0.480 e. The number of likely N-dealkylation sites (tertiary alicyclic amines) is 1. The summed E-state index contributed by atoms with van der Waals surface area (Å²) >= 11 is 0. The van der Waals surface area contributed by atoms with Gasteiger partial charge in [-0.05, 0) is 12.3 Å². The Balaban J connectivity index is 2.80. The molecule has 0 saturated carbocycles. The number of rotatable bonds is 3. The highest BCUT2D eigenvalue weighted by atomic mass is 16.4. The highest BCUT2D eigenvalue weighted by Gasteiger charge is 2.38. The topological polar surface area (TPSA) is 57.6 Å². The third-order valence-electron chi connectivity index (χ3n) is 2.73. The Bertz CT molecular complexity index is 250. The monoisotopic (exact) mass is 199 g/mol. The fourth-order valence-corrected chi connectivity index (χ4v) is 1.90. The van der Waals surface area contributed by atoms with Crippen LogP contribution >= 0.6 is 0 Å². The van der Waals surface area contributed by atoms with Crippen LogP contribution < -0.4 is 0 Å². The summed E-state index contributed by atoms with van der Waals surface area (Å²) in [7, 11) is 0. The molecule has 0 radical (unpaired) electrons. The van der Waals surface area contributed by atoms with Crippen molar-refractivity contribution in [2.45, 2.75) is 33.2 Å². The van der Waals surface area contributed by atoms with E-state index in [1.807, 2.05) is 20.8 Å². The van der Waals surface area contributed by atoms with Crippen LogP contribution in [0.25, 0.3) is 0 Å². The molecule has 1 saturated heterocycles. The second-order valence-corrected chi connectivity index (χ2v) is 4.25. The zero-order chi connectivity index (χ0) is 10.9. The normalized spacial score (nSPS) is 24.4. The molecule has 0 bridgehead atoms. The smallest absolute Gasteiger partial charge is 0.326 e. The van der Waals surface area contributed by atoms with Crippen LogP contribution in [-0.2, 0) is 9.59 Å². The maximum Gasteiger partial charge on any atom is 0.326 e. The first kappa shape index (κ1) is 11.0. The number of nitrogens with zero attached hydrogens (tertiary/aromatic N) is 1. The van der Waals surface area contributed by atoms with Gasteiger partial charge >= 0.3 is 5.97 Å². The predicted octanol–water partition coefficient (Wildman–Crippen LogP) is 0.964. The van der Waals surface area contributed by atoms with E-state index in [0.29, 0.717) is 6.54 Å². The molecular formula is C10H17NO3. The molecule has 4 heteroatoms. The van der Waals surface area contributed by atoms with E-state index in [1.54, 1.807) is 0 Å². The van der Waals surface area contributed by atoms with Crippen LogP contribution in [0.1, 0.15) is 27.2 Å². The predicted molar refractivity (Wildman–Crippen MR) is 51.8 cm³/mol. The minimum atomic E-state index is -0.901. The van der Waals surface area contributed by atoms with E-state index in [-0.39, 0.29) is 17.7 Å². The summed E-state index contributed by atoms with van der Waals surface area (Å²) < 4.78 is 0. The van der Waals surface area contributed by atoms with Crippen LogP contribution in [0.2, 0.25) is 0 Å². The molecule has 4 nitrogen and oxygen atoms in total. The van der Waals surface area contributed by atoms with Gasteiger partial charge in [0.2, 0.25) is 5.91 Å². The molecule has 0 spiro atoms. The van der Waals surface area contributed by atoms with E-state index in [9.17, 15) is 9.59 Å². The average Bonchev–Trinajstić information content (AvgIpc) is 2.35. The zero-order valence-corrected chi connectivity index (χ0v) is 8.86. The van der Waals surface area contributed by atoms with Gasteiger partial charge in [0, 0.05) is 12.5 Å². The Morgan fingerprint density at radius 2 is 2.14 bits per heavy atom. The number of carbonyl (C=O) groups excluding carboxylic acids is 1. The van der Waals surface area contributed by atoms with Crippen molar-refractivity contribution in [3.63, 3.8) is 0 Å². The Kier molecular flexibility index (Phi) is 3.13. The van der Waals surface area contributed by atoms with Gasteiger partial charge in [-0.1, -0.05) is 20.8 Å². The van der Waals surface area contributed by atoms with Crippen molar-refractivity contribution in [3.05, 3.63) is 0 Å². The van der Waals surface area contributed by atoms with Gasteiger partial charge in [0.05, 0.1) is 0 Å². The Labute approximate surface area is 83.9 Å². The molecule has 1 amide bonds. The molecule has 1 rings (SSSR count). The number of carbonyl (C=O) groups is 2. The molecule has 1 fully saturated rings. The van der Waals surface area contributed by atoms with Crippen molar-refractivity contribution in [2.75, 3.05) is 6.54 Å². The first-order valence-electron chi connectivity index (χ1n) is 4.98. The molecule has 1 heterocycles. The molecule has 0 unspecified atom stereocenters. The lowest BCUT2D eigenvalue weighted by Crippen LogP contribution is -2.46. The standard InChI is InChI=1S/C10H17NO3/c1-6(2)8(10(13)14)11-5-4-7(3)9(11)12/h6-8H,4-5H2,1-3H3,(H,13,14)/t7-,8+/m1/s1. The number of amides is 1. The van der Waals surface area contributed by atoms with Crippen molar-refractivity contribution in [3.8, 4) is 0 Å². The fraction of sp³-hybridized carbons (Fsp3) is 0.800. The van der Waals surface area contributed by atoms with E-state index < -0.39 is 12.0 Å². The zero-order valence-electron chi connectivity index (χ0n) is 8.86. The van der Waals surface area contributed by atoms with E-state index in [1.165, 1.54) is 4.90 Å². The molecule has 1 aliphatic heterocycles. The van der Waals surface area contributed by atoms with E-state index in [0.717, 1.165) is 6.42 Å². The SMILES string of the molecule is CC(C)[C@@H](C(=O)O)N1CC[C@@H](C)C1=O. The van der Waals surface area contributed by atoms with Gasteiger partial charge in [-0.2, -0.15) is 0 Å². The van der Waals surface area contributed by atoms with Crippen LogP contribution in [-0.4, -0.2) is 34.5 Å². The van der Waals surface area contributed by atoms with Gasteiger partial charge in [0.25, 0.3) is 0 Å². The van der Waals surface area contributed by atoms with Crippen LogP contribution in [0.3, 0.4) is 0 Å². The summed E-state index contributed by atoms with van der Waals surface area (Å²) in [5.41, 5.74) is 0. The lowest BCUT2D eigenvalue weighted by molar-refractivity contribution is -0.151. The van der Waals surface area contributed by atoms with Gasteiger partial charge in [-0.25, -0.2) is 4.79 Å². The van der Waals surface area contributed by atoms with Crippen molar-refractivity contribution in [1.82, 2.24) is 4.90 Å². The quantitative estimate of drug-likeness (QED) is 0.736. The maximum absolute atomic E-state index is 11.6. The van der Waals surface area contributed by atoms with Crippen LogP contribution in [0.5, 0.6) is 0 Å². The van der Waals surface area contributed by atoms with Gasteiger partial charge in [0.15, 0.2) is 0 Å². The van der Waals surface area contributed by atoms with Gasteiger partial charge in [0.1, 0.15) is 6.04 Å². The molecule has 0 aromatic heterocycles. The molecular weight excluding hydrogens is 182 g/mol. The van der Waals surface area contributed by atoms with Gasteiger partial charge < -0.3 is 10.0 Å². The summed E-state index contributed by atoms with van der Waals surface area (Å²) in [6.45, 7) is 6.08. The third-order valence-corrected chi connectivity index (χ3v) is 2.73. The van der Waals surface area contributed by atoms with Crippen molar-refractivity contribution >= 4 is 11.9 Å². The van der Waals surface area contributed by atoms with Gasteiger partial charge in [-0.15, -0.1) is 0 Å². The fourth-order valence-electron chi connectivity index (χ4n) is 1.90. The molecule has 14 heavy (non-hydrogen) atoms. The third kappa shape index (κ3) is 1.89. The highest BCUT2D eigenvalue weighted by Crippen LogP contribution is 2.23. The highest BCUT2D eigenvalue weighted by molar-refractivity contribution is 5.86. The number of carboxylic acid groups (broad SMARTS) is 1. The maximum atomic E-state index is 11.6. The first-order chi connectivity index (χ1) is 6.45. The lowest BCUT2D eigenvalue weighted by atomic mass is 10.0. The molecule has 1 aliphatic rings. The van der Waals surface area contributed by atoms with Crippen molar-refractivity contribution in [1.29, 1.82) is 0 Å². The van der Waals surface area contributed by atoms with Crippen molar-refractivity contribution in [2.24, 2.45) is 11.8 Å². The molecule has 0 aliphatic carbocycles. The Morgan fingerprint density at radius 1 is 1.57 bits per heavy atom. The second-order valence-electron chi connectivity index (χ2n) is 4.25. The van der Waals surface area contributed by atoms with Gasteiger partial charge in [-0.3, -0.25) is 4.79 Å². The summed E-state index contributed by atoms with van der Waals surface area (Å²) in [6.07, 6.45) is 0.773. The van der Waals surface area contributed by atoms with E-state index in [4.69, 9.17) is 5.11 Å². The first-order valence-corrected chi connectivity index (χ1v) is 4.98. The number of hydrogen-bond acceptors (Lipinski definition) is 2. The Morgan fingerprint density at radius 3 is 2.43 bits per heavy atom.